The number of nitrogens with one attached hydrogen (secondary N) is 1. The number of aromatic nitrogens is 3. The number of amides is 1. The van der Waals surface area contributed by atoms with Crippen molar-refractivity contribution < 1.29 is 9.32 Å². The Hall–Kier alpha value is -2.54. The molecule has 0 aliphatic heterocycles. The van der Waals surface area contributed by atoms with E-state index in [1.165, 1.54) is 11.3 Å². The van der Waals surface area contributed by atoms with Gasteiger partial charge in [0, 0.05) is 12.0 Å². The van der Waals surface area contributed by atoms with Gasteiger partial charge in [-0.2, -0.15) is 4.98 Å². The zero-order chi connectivity index (χ0) is 17.8. The maximum absolute atomic E-state index is 11.9. The summed E-state index contributed by atoms with van der Waals surface area (Å²) in [6.45, 7) is 5.94. The molecule has 0 unspecified atom stereocenters. The van der Waals surface area contributed by atoms with Crippen LogP contribution in [0.5, 0.6) is 0 Å². The fraction of sp³-hybridized carbons (Fsp3) is 0.333. The lowest BCUT2D eigenvalue weighted by Crippen LogP contribution is -2.10. The Bertz CT molecular complexity index is 885. The molecule has 0 bridgehead atoms. The van der Waals surface area contributed by atoms with Crippen LogP contribution in [-0.2, 0) is 4.79 Å². The van der Waals surface area contributed by atoms with Gasteiger partial charge < -0.3 is 9.84 Å². The molecule has 0 saturated carbocycles. The van der Waals surface area contributed by atoms with Gasteiger partial charge in [0.2, 0.25) is 11.7 Å². The van der Waals surface area contributed by atoms with E-state index in [0.29, 0.717) is 23.3 Å². The maximum Gasteiger partial charge on any atom is 0.270 e. The molecule has 0 aliphatic carbocycles. The third kappa shape index (κ3) is 4.11. The molecule has 0 aliphatic rings. The standard InChI is InChI=1S/C18H20N4O2S/c1-4-5-9-14(23)20-18-19-12(3)15(25-18)17-21-16(22-24-17)13-8-6-7-11(2)10-13/h6-8,10H,4-5,9H2,1-3H3,(H,19,20,23). The van der Waals surface area contributed by atoms with E-state index in [1.807, 2.05) is 38.1 Å². The number of unbranched alkanes of at least 4 members (excludes halogenated alkanes) is 1. The van der Waals surface area contributed by atoms with Crippen molar-refractivity contribution in [1.82, 2.24) is 15.1 Å². The largest absolute Gasteiger partial charge is 0.333 e. The predicted octanol–water partition coefficient (Wildman–Crippen LogP) is 4.61. The van der Waals surface area contributed by atoms with Crippen molar-refractivity contribution in [1.29, 1.82) is 0 Å². The minimum Gasteiger partial charge on any atom is -0.333 e. The van der Waals surface area contributed by atoms with Crippen molar-refractivity contribution in [2.45, 2.75) is 40.0 Å². The quantitative estimate of drug-likeness (QED) is 0.698. The summed E-state index contributed by atoms with van der Waals surface area (Å²) in [6, 6.07) is 7.93. The lowest BCUT2D eigenvalue weighted by atomic mass is 10.1. The average molecular weight is 356 g/mol. The molecular formula is C18H20N4O2S. The summed E-state index contributed by atoms with van der Waals surface area (Å²) in [7, 11) is 0. The van der Waals surface area contributed by atoms with E-state index >= 15 is 0 Å². The molecule has 1 N–H and O–H groups in total. The van der Waals surface area contributed by atoms with E-state index in [1.54, 1.807) is 0 Å². The Labute approximate surface area is 150 Å². The number of anilines is 1. The number of rotatable bonds is 6. The van der Waals surface area contributed by atoms with Gasteiger partial charge in [-0.3, -0.25) is 4.79 Å². The minimum absolute atomic E-state index is 0.0203. The Balaban J connectivity index is 1.80. The minimum atomic E-state index is -0.0203. The Morgan fingerprint density at radius 1 is 1.28 bits per heavy atom. The van der Waals surface area contributed by atoms with Crippen molar-refractivity contribution >= 4 is 22.4 Å². The topological polar surface area (TPSA) is 80.9 Å². The van der Waals surface area contributed by atoms with Crippen LogP contribution in [-0.4, -0.2) is 21.0 Å². The molecular weight excluding hydrogens is 336 g/mol. The van der Waals surface area contributed by atoms with Crippen molar-refractivity contribution in [2.75, 3.05) is 5.32 Å². The van der Waals surface area contributed by atoms with Gasteiger partial charge in [0.1, 0.15) is 4.88 Å². The predicted molar refractivity (Wildman–Crippen MR) is 98.5 cm³/mol. The SMILES string of the molecule is CCCCC(=O)Nc1nc(C)c(-c2nc(-c3cccc(C)c3)no2)s1. The normalized spacial score (nSPS) is 10.8. The molecule has 3 rings (SSSR count). The van der Waals surface area contributed by atoms with Crippen LogP contribution in [0, 0.1) is 13.8 Å². The first-order valence-electron chi connectivity index (χ1n) is 8.25. The number of benzene rings is 1. The van der Waals surface area contributed by atoms with Gasteiger partial charge in [0.05, 0.1) is 5.69 Å². The second kappa shape index (κ2) is 7.57. The van der Waals surface area contributed by atoms with Gasteiger partial charge in [0.25, 0.3) is 5.89 Å². The van der Waals surface area contributed by atoms with E-state index < -0.39 is 0 Å². The van der Waals surface area contributed by atoms with E-state index in [4.69, 9.17) is 4.52 Å². The first-order valence-corrected chi connectivity index (χ1v) is 9.07. The maximum atomic E-state index is 11.9. The van der Waals surface area contributed by atoms with Crippen molar-refractivity contribution in [3.63, 3.8) is 0 Å². The second-order valence-corrected chi connectivity index (χ2v) is 6.88. The van der Waals surface area contributed by atoms with Crippen LogP contribution in [0.2, 0.25) is 0 Å². The number of hydrogen-bond acceptors (Lipinski definition) is 6. The molecule has 1 amide bonds. The van der Waals surface area contributed by atoms with Gasteiger partial charge in [-0.1, -0.05) is 53.6 Å². The number of thiazole rings is 1. The molecule has 0 spiro atoms. The van der Waals surface area contributed by atoms with Crippen LogP contribution in [0.15, 0.2) is 28.8 Å². The highest BCUT2D eigenvalue weighted by Crippen LogP contribution is 2.33. The van der Waals surface area contributed by atoms with Gasteiger partial charge in [-0.15, -0.1) is 0 Å². The van der Waals surface area contributed by atoms with Crippen LogP contribution < -0.4 is 5.32 Å². The van der Waals surface area contributed by atoms with Crippen molar-refractivity contribution in [2.24, 2.45) is 0 Å². The van der Waals surface area contributed by atoms with Gasteiger partial charge >= 0.3 is 0 Å². The van der Waals surface area contributed by atoms with E-state index in [9.17, 15) is 4.79 Å². The fourth-order valence-corrected chi connectivity index (χ4v) is 3.29. The number of hydrogen-bond donors (Lipinski definition) is 1. The van der Waals surface area contributed by atoms with Gasteiger partial charge in [-0.25, -0.2) is 4.98 Å². The highest BCUT2D eigenvalue weighted by molar-refractivity contribution is 7.19. The van der Waals surface area contributed by atoms with Crippen LogP contribution in [0.25, 0.3) is 22.2 Å². The Morgan fingerprint density at radius 2 is 2.12 bits per heavy atom. The number of aryl methyl sites for hydroxylation is 2. The monoisotopic (exact) mass is 356 g/mol. The number of carbonyl (C=O) groups excluding carboxylic acids is 1. The summed E-state index contributed by atoms with van der Waals surface area (Å²) in [5.74, 6) is 0.939. The van der Waals surface area contributed by atoms with E-state index in [0.717, 1.165) is 34.5 Å². The summed E-state index contributed by atoms with van der Waals surface area (Å²) in [5.41, 5.74) is 2.80. The lowest BCUT2D eigenvalue weighted by molar-refractivity contribution is -0.116. The highest BCUT2D eigenvalue weighted by atomic mass is 32.1. The van der Waals surface area contributed by atoms with E-state index in [2.05, 4.69) is 27.4 Å². The second-order valence-electron chi connectivity index (χ2n) is 5.88. The van der Waals surface area contributed by atoms with Crippen molar-refractivity contribution in [3.05, 3.63) is 35.5 Å². The van der Waals surface area contributed by atoms with Gasteiger partial charge in [-0.05, 0) is 26.3 Å². The molecule has 0 saturated heterocycles. The molecule has 6 nitrogen and oxygen atoms in total. The zero-order valence-electron chi connectivity index (χ0n) is 14.5. The summed E-state index contributed by atoms with van der Waals surface area (Å²) < 4.78 is 5.41. The molecule has 2 heterocycles. The molecule has 2 aromatic heterocycles. The van der Waals surface area contributed by atoms with E-state index in [-0.39, 0.29) is 5.91 Å². The molecule has 130 valence electrons. The van der Waals surface area contributed by atoms with Crippen LogP contribution in [0.4, 0.5) is 5.13 Å². The molecule has 7 heteroatoms. The summed E-state index contributed by atoms with van der Waals surface area (Å²) in [6.07, 6.45) is 2.36. The molecule has 25 heavy (non-hydrogen) atoms. The highest BCUT2D eigenvalue weighted by Gasteiger charge is 2.18. The van der Waals surface area contributed by atoms with Gasteiger partial charge in [0.15, 0.2) is 5.13 Å². The first-order chi connectivity index (χ1) is 12.1. The van der Waals surface area contributed by atoms with Crippen LogP contribution in [0.1, 0.15) is 37.4 Å². The van der Waals surface area contributed by atoms with Crippen molar-refractivity contribution in [3.8, 4) is 22.2 Å². The summed E-state index contributed by atoms with van der Waals surface area (Å²) >= 11 is 1.35. The third-order valence-electron chi connectivity index (χ3n) is 3.70. The molecule has 1 aromatic carbocycles. The molecule has 0 fully saturated rings. The molecule has 0 radical (unpaired) electrons. The Morgan fingerprint density at radius 3 is 2.88 bits per heavy atom. The Kier molecular flexibility index (Phi) is 5.23. The van der Waals surface area contributed by atoms with Crippen LogP contribution >= 0.6 is 11.3 Å². The summed E-state index contributed by atoms with van der Waals surface area (Å²) in [5, 5.41) is 7.45. The first kappa shape index (κ1) is 17.3. The summed E-state index contributed by atoms with van der Waals surface area (Å²) in [4.78, 5) is 21.5. The smallest absolute Gasteiger partial charge is 0.270 e. The third-order valence-corrected chi connectivity index (χ3v) is 4.76. The fourth-order valence-electron chi connectivity index (χ4n) is 2.38. The zero-order valence-corrected chi connectivity index (χ0v) is 15.3. The molecule has 3 aromatic rings. The number of nitrogens with zero attached hydrogens (tertiary/aromatic N) is 3. The van der Waals surface area contributed by atoms with Crippen LogP contribution in [0.3, 0.4) is 0 Å². The average Bonchev–Trinajstić information content (AvgIpc) is 3.19. The molecule has 0 atom stereocenters. The lowest BCUT2D eigenvalue weighted by Gasteiger charge is -1.99. The number of carbonyl (C=O) groups is 1.